The van der Waals surface area contributed by atoms with Crippen molar-refractivity contribution < 1.29 is 22.3 Å². The molecule has 122 valence electrons. The van der Waals surface area contributed by atoms with E-state index in [2.05, 4.69) is 15.9 Å². The predicted octanol–water partition coefficient (Wildman–Crippen LogP) is 2.81. The molecule has 8 heteroatoms. The van der Waals surface area contributed by atoms with Crippen LogP contribution >= 0.6 is 15.9 Å². The van der Waals surface area contributed by atoms with Gasteiger partial charge in [-0.3, -0.25) is 4.79 Å². The van der Waals surface area contributed by atoms with E-state index in [0.29, 0.717) is 0 Å². The molecule has 0 aliphatic heterocycles. The molecule has 23 heavy (non-hydrogen) atoms. The maximum absolute atomic E-state index is 13.4. The van der Waals surface area contributed by atoms with Crippen molar-refractivity contribution in [2.45, 2.75) is 4.90 Å². The van der Waals surface area contributed by atoms with Gasteiger partial charge in [0, 0.05) is 11.5 Å². The smallest absolute Gasteiger partial charge is 0.326 e. The van der Waals surface area contributed by atoms with Crippen LogP contribution in [0.1, 0.15) is 0 Å². The van der Waals surface area contributed by atoms with E-state index in [-0.39, 0.29) is 10.6 Å². The molecule has 0 unspecified atom stereocenters. The molecular formula is C15H13BrFNO4S. The van der Waals surface area contributed by atoms with Gasteiger partial charge in [-0.1, -0.05) is 28.1 Å². The van der Waals surface area contributed by atoms with Gasteiger partial charge in [0.05, 0.1) is 4.90 Å². The summed E-state index contributed by atoms with van der Waals surface area (Å²) in [4.78, 5) is 11.8. The zero-order valence-electron chi connectivity index (χ0n) is 12.1. The van der Waals surface area contributed by atoms with Crippen LogP contribution in [-0.4, -0.2) is 32.3 Å². The van der Waals surface area contributed by atoms with Crippen molar-refractivity contribution in [3.8, 4) is 5.75 Å². The van der Waals surface area contributed by atoms with Crippen LogP contribution in [0.3, 0.4) is 0 Å². The van der Waals surface area contributed by atoms with Gasteiger partial charge in [0.25, 0.3) is 0 Å². The molecule has 0 N–H and O–H groups in total. The second-order valence-electron chi connectivity index (χ2n) is 4.62. The average molecular weight is 402 g/mol. The van der Waals surface area contributed by atoms with Crippen LogP contribution in [-0.2, 0) is 14.8 Å². The van der Waals surface area contributed by atoms with E-state index in [1.54, 1.807) is 12.1 Å². The Kier molecular flexibility index (Phi) is 5.51. The highest BCUT2D eigenvalue weighted by atomic mass is 79.9. The Bertz CT molecular complexity index is 808. The van der Waals surface area contributed by atoms with Gasteiger partial charge in [0.15, 0.2) is 11.6 Å². The average Bonchev–Trinajstić information content (AvgIpc) is 2.50. The van der Waals surface area contributed by atoms with Gasteiger partial charge in [-0.25, -0.2) is 12.8 Å². The van der Waals surface area contributed by atoms with Crippen LogP contribution in [0.25, 0.3) is 0 Å². The first-order valence-electron chi connectivity index (χ1n) is 6.48. The third kappa shape index (κ3) is 4.37. The highest BCUT2D eigenvalue weighted by molar-refractivity contribution is 9.10. The van der Waals surface area contributed by atoms with Crippen molar-refractivity contribution in [1.29, 1.82) is 0 Å². The number of benzene rings is 2. The SMILES string of the molecule is CN(CC(=O)Oc1ccccc1F)S(=O)(=O)c1ccc(Br)cc1. The van der Waals surface area contributed by atoms with Gasteiger partial charge >= 0.3 is 5.97 Å². The lowest BCUT2D eigenvalue weighted by molar-refractivity contribution is -0.134. The van der Waals surface area contributed by atoms with Crippen LogP contribution < -0.4 is 4.74 Å². The van der Waals surface area contributed by atoms with E-state index in [4.69, 9.17) is 4.74 Å². The third-order valence-electron chi connectivity index (χ3n) is 2.93. The van der Waals surface area contributed by atoms with Gasteiger partial charge in [-0.15, -0.1) is 0 Å². The van der Waals surface area contributed by atoms with E-state index in [1.807, 2.05) is 0 Å². The monoisotopic (exact) mass is 401 g/mol. The molecule has 0 radical (unpaired) electrons. The Labute approximate surface area is 141 Å². The number of sulfonamides is 1. The van der Waals surface area contributed by atoms with Crippen molar-refractivity contribution >= 4 is 31.9 Å². The molecule has 0 spiro atoms. The summed E-state index contributed by atoms with van der Waals surface area (Å²) >= 11 is 3.22. The van der Waals surface area contributed by atoms with Crippen molar-refractivity contribution in [1.82, 2.24) is 4.31 Å². The summed E-state index contributed by atoms with van der Waals surface area (Å²) in [5.41, 5.74) is 0. The fourth-order valence-corrected chi connectivity index (χ4v) is 3.12. The van der Waals surface area contributed by atoms with E-state index in [9.17, 15) is 17.6 Å². The summed E-state index contributed by atoms with van der Waals surface area (Å²) in [7, 11) is -2.59. The minimum Gasteiger partial charge on any atom is -0.422 e. The van der Waals surface area contributed by atoms with Crippen LogP contribution in [0, 0.1) is 5.82 Å². The molecule has 0 bridgehead atoms. The summed E-state index contributed by atoms with van der Waals surface area (Å²) in [6.45, 7) is -0.535. The largest absolute Gasteiger partial charge is 0.422 e. The number of nitrogens with zero attached hydrogens (tertiary/aromatic N) is 1. The number of esters is 1. The molecule has 2 aromatic rings. The summed E-state index contributed by atoms with van der Waals surface area (Å²) in [5.74, 6) is -1.82. The lowest BCUT2D eigenvalue weighted by atomic mass is 10.3. The van der Waals surface area contributed by atoms with Crippen molar-refractivity contribution in [3.63, 3.8) is 0 Å². The number of likely N-dealkylation sites (N-methyl/N-ethyl adjacent to an activating group) is 1. The molecule has 2 aromatic carbocycles. The number of carbonyl (C=O) groups excluding carboxylic acids is 1. The molecule has 0 aliphatic carbocycles. The first-order valence-corrected chi connectivity index (χ1v) is 8.71. The molecule has 0 saturated carbocycles. The number of hydrogen-bond donors (Lipinski definition) is 0. The Morgan fingerprint density at radius 3 is 2.39 bits per heavy atom. The Balaban J connectivity index is 2.08. The number of ether oxygens (including phenoxy) is 1. The zero-order chi connectivity index (χ0) is 17.0. The standard InChI is InChI=1S/C15H13BrFNO4S/c1-18(23(20,21)12-8-6-11(16)7-9-12)10-15(19)22-14-5-3-2-4-13(14)17/h2-9H,10H2,1H3. The van der Waals surface area contributed by atoms with Gasteiger partial charge in [0.1, 0.15) is 6.54 Å². The minimum absolute atomic E-state index is 0.0434. The van der Waals surface area contributed by atoms with Gasteiger partial charge < -0.3 is 4.74 Å². The van der Waals surface area contributed by atoms with E-state index in [1.165, 1.54) is 37.4 Å². The zero-order valence-corrected chi connectivity index (χ0v) is 14.5. The number of hydrogen-bond acceptors (Lipinski definition) is 4. The van der Waals surface area contributed by atoms with Crippen LogP contribution in [0.2, 0.25) is 0 Å². The highest BCUT2D eigenvalue weighted by Gasteiger charge is 2.24. The third-order valence-corrected chi connectivity index (χ3v) is 5.28. The quantitative estimate of drug-likeness (QED) is 0.570. The molecule has 0 atom stereocenters. The highest BCUT2D eigenvalue weighted by Crippen LogP contribution is 2.19. The number of halogens is 2. The van der Waals surface area contributed by atoms with Gasteiger partial charge in [0.2, 0.25) is 10.0 Å². The fraction of sp³-hybridized carbons (Fsp3) is 0.133. The van der Waals surface area contributed by atoms with Gasteiger partial charge in [-0.05, 0) is 36.4 Å². The summed E-state index contributed by atoms with van der Waals surface area (Å²) in [6, 6.07) is 11.4. The molecular weight excluding hydrogens is 389 g/mol. The van der Waals surface area contributed by atoms with Crippen LogP contribution in [0.15, 0.2) is 57.9 Å². The molecule has 0 aliphatic rings. The topological polar surface area (TPSA) is 63.7 Å². The van der Waals surface area contributed by atoms with Gasteiger partial charge in [-0.2, -0.15) is 4.31 Å². The Morgan fingerprint density at radius 2 is 1.78 bits per heavy atom. The van der Waals surface area contributed by atoms with Crippen molar-refractivity contribution in [2.24, 2.45) is 0 Å². The Morgan fingerprint density at radius 1 is 1.17 bits per heavy atom. The molecule has 0 amide bonds. The molecule has 0 fully saturated rings. The van der Waals surface area contributed by atoms with E-state index in [0.717, 1.165) is 14.8 Å². The van der Waals surface area contributed by atoms with Crippen molar-refractivity contribution in [2.75, 3.05) is 13.6 Å². The minimum atomic E-state index is -3.84. The first kappa shape index (κ1) is 17.6. The van der Waals surface area contributed by atoms with Crippen LogP contribution in [0.5, 0.6) is 5.75 Å². The predicted molar refractivity (Wildman–Crippen MR) is 86.0 cm³/mol. The fourth-order valence-electron chi connectivity index (χ4n) is 1.74. The maximum Gasteiger partial charge on any atom is 0.326 e. The molecule has 0 aromatic heterocycles. The number of carbonyl (C=O) groups is 1. The number of para-hydroxylation sites is 1. The normalized spacial score (nSPS) is 11.5. The lowest BCUT2D eigenvalue weighted by Crippen LogP contribution is -2.34. The number of rotatable bonds is 5. The second kappa shape index (κ2) is 7.20. The molecule has 2 rings (SSSR count). The first-order chi connectivity index (χ1) is 10.8. The maximum atomic E-state index is 13.4. The lowest BCUT2D eigenvalue weighted by Gasteiger charge is -2.16. The van der Waals surface area contributed by atoms with E-state index < -0.39 is 28.4 Å². The van der Waals surface area contributed by atoms with Crippen LogP contribution in [0.4, 0.5) is 4.39 Å². The van der Waals surface area contributed by atoms with E-state index >= 15 is 0 Å². The second-order valence-corrected chi connectivity index (χ2v) is 7.58. The summed E-state index contributed by atoms with van der Waals surface area (Å²) in [6.07, 6.45) is 0. The Hall–Kier alpha value is -1.77. The summed E-state index contributed by atoms with van der Waals surface area (Å²) in [5, 5.41) is 0. The summed E-state index contributed by atoms with van der Waals surface area (Å²) < 4.78 is 44.5. The molecule has 0 heterocycles. The van der Waals surface area contributed by atoms with Crippen molar-refractivity contribution in [3.05, 3.63) is 58.8 Å². The molecule has 0 saturated heterocycles. The molecule has 5 nitrogen and oxygen atoms in total.